The number of thioether (sulfide) groups is 1. The van der Waals surface area contributed by atoms with Gasteiger partial charge in [0, 0.05) is 30.3 Å². The Morgan fingerprint density at radius 2 is 1.81 bits per heavy atom. The number of hydrogen-bond donors (Lipinski definition) is 2. The van der Waals surface area contributed by atoms with Crippen molar-refractivity contribution in [1.82, 2.24) is 9.97 Å². The van der Waals surface area contributed by atoms with Crippen molar-refractivity contribution in [2.45, 2.75) is 57.1 Å². The van der Waals surface area contributed by atoms with E-state index in [4.69, 9.17) is 0 Å². The van der Waals surface area contributed by atoms with Crippen LogP contribution in [0.3, 0.4) is 0 Å². The minimum Gasteiger partial charge on any atom is -0.370 e. The topological polar surface area (TPSA) is 49.8 Å². The van der Waals surface area contributed by atoms with E-state index in [1.807, 2.05) is 17.8 Å². The van der Waals surface area contributed by atoms with Crippen LogP contribution in [0.5, 0.6) is 0 Å². The van der Waals surface area contributed by atoms with Crippen molar-refractivity contribution in [2.24, 2.45) is 0 Å². The summed E-state index contributed by atoms with van der Waals surface area (Å²) in [4.78, 5) is 9.15. The summed E-state index contributed by atoms with van der Waals surface area (Å²) in [6.07, 6.45) is 9.54. The Hall–Kier alpha value is -0.970. The monoisotopic (exact) mass is 308 g/mol. The molecule has 0 aromatic carbocycles. The molecule has 1 aliphatic rings. The van der Waals surface area contributed by atoms with Crippen LogP contribution in [-0.4, -0.2) is 34.1 Å². The number of nitrogens with zero attached hydrogens (tertiary/aromatic N) is 2. The van der Waals surface area contributed by atoms with Gasteiger partial charge in [-0.15, -0.1) is 0 Å². The van der Waals surface area contributed by atoms with E-state index in [1.165, 1.54) is 25.7 Å². The second-order valence-electron chi connectivity index (χ2n) is 5.78. The number of aryl methyl sites for hydroxylation is 1. The summed E-state index contributed by atoms with van der Waals surface area (Å²) in [5, 5.41) is 6.92. The molecule has 0 spiro atoms. The van der Waals surface area contributed by atoms with Crippen molar-refractivity contribution in [2.75, 3.05) is 30.0 Å². The maximum atomic E-state index is 4.61. The third-order valence-corrected chi connectivity index (χ3v) is 5.60. The first kappa shape index (κ1) is 16.4. The Morgan fingerprint density at radius 3 is 2.38 bits per heavy atom. The molecule has 0 radical (unpaired) electrons. The highest BCUT2D eigenvalue weighted by molar-refractivity contribution is 8.00. The van der Waals surface area contributed by atoms with Crippen LogP contribution < -0.4 is 10.6 Å². The van der Waals surface area contributed by atoms with E-state index in [0.29, 0.717) is 4.75 Å². The van der Waals surface area contributed by atoms with Crippen molar-refractivity contribution in [1.29, 1.82) is 0 Å². The zero-order chi connectivity index (χ0) is 15.1. The van der Waals surface area contributed by atoms with Gasteiger partial charge in [0.2, 0.25) is 0 Å². The van der Waals surface area contributed by atoms with Crippen LogP contribution in [0.4, 0.5) is 11.6 Å². The molecule has 21 heavy (non-hydrogen) atoms. The van der Waals surface area contributed by atoms with Crippen LogP contribution in [0.1, 0.15) is 51.8 Å². The Balaban J connectivity index is 2.04. The second-order valence-corrected chi connectivity index (χ2v) is 7.06. The molecule has 0 saturated heterocycles. The normalized spacial score (nSPS) is 16.9. The smallest absolute Gasteiger partial charge is 0.132 e. The Bertz CT molecular complexity index is 444. The first-order valence-corrected chi connectivity index (χ1v) is 9.34. The summed E-state index contributed by atoms with van der Waals surface area (Å²) in [7, 11) is 0. The molecule has 1 aromatic heterocycles. The molecule has 0 bridgehead atoms. The highest BCUT2D eigenvalue weighted by Gasteiger charge is 2.32. The van der Waals surface area contributed by atoms with Crippen LogP contribution in [0.2, 0.25) is 0 Å². The Morgan fingerprint density at radius 1 is 1.14 bits per heavy atom. The molecule has 0 amide bonds. The van der Waals surface area contributed by atoms with E-state index in [1.54, 1.807) is 0 Å². The minimum atomic E-state index is 0.397. The number of hydrogen-bond acceptors (Lipinski definition) is 5. The predicted octanol–water partition coefficient (Wildman–Crippen LogP) is 3.95. The standard InChI is InChI=1S/C16H28N4S/c1-4-10-17-14-11-15(20-13(5-2)19-14)18-12-16(21-3)8-6-7-9-16/h11H,4-10,12H2,1-3H3,(H2,17,18,19,20). The lowest BCUT2D eigenvalue weighted by Gasteiger charge is -2.27. The lowest BCUT2D eigenvalue weighted by Crippen LogP contribution is -2.30. The van der Waals surface area contributed by atoms with Crippen LogP contribution >= 0.6 is 11.8 Å². The summed E-state index contributed by atoms with van der Waals surface area (Å²) in [6, 6.07) is 2.04. The van der Waals surface area contributed by atoms with Gasteiger partial charge in [0.1, 0.15) is 17.5 Å². The molecule has 1 saturated carbocycles. The fraction of sp³-hybridized carbons (Fsp3) is 0.750. The summed E-state index contributed by atoms with van der Waals surface area (Å²) in [5.74, 6) is 2.81. The molecule has 0 aliphatic heterocycles. The van der Waals surface area contributed by atoms with E-state index < -0.39 is 0 Å². The van der Waals surface area contributed by atoms with Gasteiger partial charge in [-0.25, -0.2) is 9.97 Å². The van der Waals surface area contributed by atoms with E-state index in [0.717, 1.165) is 43.4 Å². The van der Waals surface area contributed by atoms with Crippen LogP contribution in [0.25, 0.3) is 0 Å². The molecule has 0 unspecified atom stereocenters. The Labute approximate surface area is 132 Å². The maximum absolute atomic E-state index is 4.61. The molecule has 4 nitrogen and oxygen atoms in total. The molecule has 5 heteroatoms. The average Bonchev–Trinajstić information content (AvgIpc) is 3.00. The fourth-order valence-corrected chi connectivity index (χ4v) is 3.73. The summed E-state index contributed by atoms with van der Waals surface area (Å²) in [5.41, 5.74) is 0. The van der Waals surface area contributed by atoms with Gasteiger partial charge in [0.05, 0.1) is 0 Å². The zero-order valence-corrected chi connectivity index (χ0v) is 14.4. The minimum absolute atomic E-state index is 0.397. The van der Waals surface area contributed by atoms with Crippen molar-refractivity contribution < 1.29 is 0 Å². The maximum Gasteiger partial charge on any atom is 0.132 e. The first-order valence-electron chi connectivity index (χ1n) is 8.12. The summed E-state index contributed by atoms with van der Waals surface area (Å²) in [6.45, 7) is 6.22. The third kappa shape index (κ3) is 4.50. The van der Waals surface area contributed by atoms with Gasteiger partial charge in [0.15, 0.2) is 0 Å². The van der Waals surface area contributed by atoms with Gasteiger partial charge in [-0.05, 0) is 25.5 Å². The average molecular weight is 308 g/mol. The molecular formula is C16H28N4S. The molecular weight excluding hydrogens is 280 g/mol. The molecule has 1 aromatic rings. The number of aromatic nitrogens is 2. The van der Waals surface area contributed by atoms with Gasteiger partial charge in [0.25, 0.3) is 0 Å². The van der Waals surface area contributed by atoms with Crippen molar-refractivity contribution in [3.63, 3.8) is 0 Å². The van der Waals surface area contributed by atoms with E-state index in [2.05, 4.69) is 40.7 Å². The van der Waals surface area contributed by atoms with E-state index in [9.17, 15) is 0 Å². The molecule has 1 heterocycles. The fourth-order valence-electron chi connectivity index (χ4n) is 2.81. The van der Waals surface area contributed by atoms with Crippen LogP contribution in [0, 0.1) is 0 Å². The predicted molar refractivity (Wildman–Crippen MR) is 93.4 cm³/mol. The van der Waals surface area contributed by atoms with Gasteiger partial charge in [-0.2, -0.15) is 11.8 Å². The number of rotatable bonds is 8. The highest BCUT2D eigenvalue weighted by atomic mass is 32.2. The van der Waals surface area contributed by atoms with Crippen molar-refractivity contribution in [3.8, 4) is 0 Å². The molecule has 2 N–H and O–H groups in total. The van der Waals surface area contributed by atoms with Gasteiger partial charge in [-0.3, -0.25) is 0 Å². The van der Waals surface area contributed by atoms with E-state index in [-0.39, 0.29) is 0 Å². The molecule has 2 rings (SSSR count). The largest absolute Gasteiger partial charge is 0.370 e. The molecule has 1 fully saturated rings. The first-order chi connectivity index (χ1) is 10.2. The SMILES string of the molecule is CCCNc1cc(NCC2(SC)CCCC2)nc(CC)n1. The zero-order valence-electron chi connectivity index (χ0n) is 13.5. The lowest BCUT2D eigenvalue weighted by molar-refractivity contribution is 0.638. The van der Waals surface area contributed by atoms with Gasteiger partial charge < -0.3 is 10.6 Å². The third-order valence-electron chi connectivity index (χ3n) is 4.18. The lowest BCUT2D eigenvalue weighted by atomic mass is 10.1. The van der Waals surface area contributed by atoms with Gasteiger partial charge >= 0.3 is 0 Å². The Kier molecular flexibility index (Phi) is 6.15. The summed E-state index contributed by atoms with van der Waals surface area (Å²) < 4.78 is 0.397. The molecule has 118 valence electrons. The molecule has 0 atom stereocenters. The van der Waals surface area contributed by atoms with Crippen LogP contribution in [-0.2, 0) is 6.42 Å². The highest BCUT2D eigenvalue weighted by Crippen LogP contribution is 2.40. The van der Waals surface area contributed by atoms with Crippen molar-refractivity contribution in [3.05, 3.63) is 11.9 Å². The van der Waals surface area contributed by atoms with Crippen LogP contribution in [0.15, 0.2) is 6.07 Å². The second kappa shape index (κ2) is 7.87. The van der Waals surface area contributed by atoms with E-state index >= 15 is 0 Å². The number of anilines is 2. The molecule has 1 aliphatic carbocycles. The quantitative estimate of drug-likeness (QED) is 0.761. The summed E-state index contributed by atoms with van der Waals surface area (Å²) >= 11 is 2.01. The number of nitrogens with one attached hydrogen (secondary N) is 2. The van der Waals surface area contributed by atoms with Gasteiger partial charge in [-0.1, -0.05) is 26.7 Å². The van der Waals surface area contributed by atoms with Crippen molar-refractivity contribution >= 4 is 23.4 Å².